The Morgan fingerprint density at radius 2 is 1.39 bits per heavy atom. The van der Waals surface area contributed by atoms with E-state index in [0.717, 1.165) is 162 Å². The highest BCUT2D eigenvalue weighted by Gasteiger charge is 2.45. The van der Waals surface area contributed by atoms with Crippen molar-refractivity contribution in [3.05, 3.63) is 90.3 Å². The average molecular weight is 950 g/mol. The molecule has 0 saturated carbocycles. The lowest BCUT2D eigenvalue weighted by atomic mass is 9.98. The van der Waals surface area contributed by atoms with Gasteiger partial charge in [0, 0.05) is 109 Å². The number of nitrogens with two attached hydrogens (primary N) is 1. The maximum absolute atomic E-state index is 13.8. The highest BCUT2D eigenvalue weighted by Crippen LogP contribution is 2.36. The maximum Gasteiger partial charge on any atom is 0.320 e. The minimum absolute atomic E-state index is 0.0888. The number of hydrogen-bond acceptors (Lipinski definition) is 14. The van der Waals surface area contributed by atoms with Crippen molar-refractivity contribution in [1.29, 1.82) is 0 Å². The molecule has 6 aliphatic heterocycles. The second-order valence-corrected chi connectivity index (χ2v) is 19.3. The first kappa shape index (κ1) is 45.5. The molecule has 3 aromatic carbocycles. The lowest BCUT2D eigenvalue weighted by Gasteiger charge is -2.44. The summed E-state index contributed by atoms with van der Waals surface area (Å²) in [7, 11) is 0. The third kappa shape index (κ3) is 9.04. The predicted molar refractivity (Wildman–Crippen MR) is 261 cm³/mol. The molecule has 0 aliphatic carbocycles. The van der Waals surface area contributed by atoms with E-state index in [0.29, 0.717) is 23.0 Å². The number of amides is 6. The van der Waals surface area contributed by atoms with Crippen molar-refractivity contribution in [3.8, 4) is 22.8 Å². The van der Waals surface area contributed by atoms with Gasteiger partial charge in [-0.25, -0.2) is 19.4 Å². The first-order valence-electron chi connectivity index (χ1n) is 24.8. The Morgan fingerprint density at radius 1 is 0.700 bits per heavy atom. The second kappa shape index (κ2) is 19.4. The number of nitrogens with one attached hydrogen (secondary N) is 1. The molecule has 2 unspecified atom stereocenters. The topological polar surface area (TPSA) is 199 Å². The Balaban J connectivity index is 0.625. The van der Waals surface area contributed by atoms with Crippen LogP contribution in [0.5, 0.6) is 11.5 Å². The number of nitrogens with zero attached hydrogens (tertiary/aromatic N) is 11. The fraction of sp³-hybridized carbons (Fsp3) is 0.451. The number of benzene rings is 3. The van der Waals surface area contributed by atoms with E-state index in [-0.39, 0.29) is 24.9 Å². The normalized spacial score (nSPS) is 22.2. The fourth-order valence-electron chi connectivity index (χ4n) is 11.2. The largest absolute Gasteiger partial charge is 0.457 e. The molecule has 0 radical (unpaired) electrons. The van der Waals surface area contributed by atoms with Crippen LogP contribution in [0.25, 0.3) is 22.3 Å². The van der Waals surface area contributed by atoms with Gasteiger partial charge in [-0.15, -0.1) is 0 Å². The summed E-state index contributed by atoms with van der Waals surface area (Å²) in [6.45, 7) is 11.7. The fourth-order valence-corrected chi connectivity index (χ4v) is 11.2. The minimum Gasteiger partial charge on any atom is -0.457 e. The molecule has 2 aromatic heterocycles. The summed E-state index contributed by atoms with van der Waals surface area (Å²) in [6.07, 6.45) is 5.66. The van der Waals surface area contributed by atoms with Gasteiger partial charge in [0.2, 0.25) is 11.8 Å². The van der Waals surface area contributed by atoms with Crippen LogP contribution in [0.3, 0.4) is 0 Å². The van der Waals surface area contributed by atoms with Crippen molar-refractivity contribution in [2.24, 2.45) is 0 Å². The molecular weight excluding hydrogens is 891 g/mol. The third-order valence-electron chi connectivity index (χ3n) is 15.2. The highest BCUT2D eigenvalue weighted by atomic mass is 16.5. The van der Waals surface area contributed by atoms with E-state index in [9.17, 15) is 24.0 Å². The molecule has 0 spiro atoms. The number of ether oxygens (including phenoxy) is 1. The quantitative estimate of drug-likeness (QED) is 0.191. The van der Waals surface area contributed by atoms with E-state index in [1.54, 1.807) is 12.1 Å². The molecule has 5 fully saturated rings. The Morgan fingerprint density at radius 3 is 2.11 bits per heavy atom. The lowest BCUT2D eigenvalue weighted by Crippen LogP contribution is -2.56. The predicted octanol–water partition coefficient (Wildman–Crippen LogP) is 3.93. The van der Waals surface area contributed by atoms with E-state index in [1.165, 1.54) is 6.33 Å². The van der Waals surface area contributed by atoms with Crippen LogP contribution in [-0.2, 0) is 9.59 Å². The lowest BCUT2D eigenvalue weighted by molar-refractivity contribution is -0.136. The van der Waals surface area contributed by atoms with Gasteiger partial charge < -0.3 is 25.2 Å². The van der Waals surface area contributed by atoms with Crippen LogP contribution in [0.2, 0.25) is 0 Å². The summed E-state index contributed by atoms with van der Waals surface area (Å²) in [5.74, 6) is -0.0617. The zero-order valence-corrected chi connectivity index (χ0v) is 39.3. The number of para-hydroxylation sites is 1. The summed E-state index contributed by atoms with van der Waals surface area (Å²) in [6, 6.07) is 22.6. The number of likely N-dealkylation sites (tertiary alicyclic amines) is 2. The van der Waals surface area contributed by atoms with Gasteiger partial charge in [-0.05, 0) is 93.2 Å². The standard InChI is InChI=1S/C51H59N13O6/c52-46-44-45(34-8-11-39(12-9-34)70-38-6-2-1-3-7-38)56-64(47(44)54-33-53-46)37-5-4-18-62(32-37)35-16-19-60(20-17-35)51(69)61-29-25-58(26-30-61)22-21-57-23-27-59(28-24-57)36-10-13-40-41(31-36)50(68)63(49(40)67)42-14-15-43(65)55-48(42)66/h1-3,6-13,31,33,35,37,42H,4-5,14-30,32H2,(H2,52,53,54)(H,55,65,66). The number of urea groups is 1. The number of carbonyl (C=O) groups is 5. The molecular formula is C51H59N13O6. The number of fused-ring (bicyclic) bond motifs is 2. The number of piperidine rings is 3. The molecule has 364 valence electrons. The molecule has 8 heterocycles. The molecule has 6 amide bonds. The monoisotopic (exact) mass is 949 g/mol. The highest BCUT2D eigenvalue weighted by molar-refractivity contribution is 6.23. The van der Waals surface area contributed by atoms with Crippen LogP contribution in [0.4, 0.5) is 16.3 Å². The van der Waals surface area contributed by atoms with Crippen LogP contribution >= 0.6 is 0 Å². The molecule has 5 saturated heterocycles. The number of aromatic nitrogens is 4. The number of anilines is 2. The summed E-state index contributed by atoms with van der Waals surface area (Å²) in [5, 5.41) is 8.19. The molecule has 3 N–H and O–H groups in total. The molecule has 19 nitrogen and oxygen atoms in total. The summed E-state index contributed by atoms with van der Waals surface area (Å²) < 4.78 is 8.10. The number of imide groups is 2. The zero-order chi connectivity index (χ0) is 47.9. The number of rotatable bonds is 10. The molecule has 11 rings (SSSR count). The molecule has 70 heavy (non-hydrogen) atoms. The zero-order valence-electron chi connectivity index (χ0n) is 39.3. The summed E-state index contributed by atoms with van der Waals surface area (Å²) >= 11 is 0. The smallest absolute Gasteiger partial charge is 0.320 e. The van der Waals surface area contributed by atoms with Crippen LogP contribution in [-0.4, -0.2) is 183 Å². The molecule has 2 atom stereocenters. The third-order valence-corrected chi connectivity index (χ3v) is 15.2. The van der Waals surface area contributed by atoms with Gasteiger partial charge in [-0.3, -0.25) is 44.1 Å². The van der Waals surface area contributed by atoms with Gasteiger partial charge in [0.05, 0.1) is 22.6 Å². The first-order chi connectivity index (χ1) is 34.1. The Hall–Kier alpha value is -6.96. The molecule has 6 aliphatic rings. The number of nitrogen functional groups attached to an aromatic ring is 1. The van der Waals surface area contributed by atoms with E-state index in [1.807, 2.05) is 65.6 Å². The van der Waals surface area contributed by atoms with E-state index in [2.05, 4.69) is 39.5 Å². The van der Waals surface area contributed by atoms with Gasteiger partial charge in [-0.2, -0.15) is 5.10 Å². The number of hydrogen-bond donors (Lipinski definition) is 2. The van der Waals surface area contributed by atoms with Crippen LogP contribution in [0, 0.1) is 0 Å². The molecule has 0 bridgehead atoms. The van der Waals surface area contributed by atoms with Gasteiger partial charge >= 0.3 is 6.03 Å². The molecule has 19 heteroatoms. The van der Waals surface area contributed by atoms with Crippen LogP contribution in [0.15, 0.2) is 79.1 Å². The SMILES string of the molecule is Nc1ncnc2c1c(-c1ccc(Oc3ccccc3)cc1)nn2C1CCCN(C2CCN(C(=O)N3CCN(CCN4CCN(c5ccc6c(c5)C(=O)N(C5CCC(=O)NC5=O)C6=O)CC4)CC3)CC2)C1. The summed E-state index contributed by atoms with van der Waals surface area (Å²) in [5.41, 5.74) is 10.4. The minimum atomic E-state index is -0.978. The van der Waals surface area contributed by atoms with Crippen molar-refractivity contribution in [3.63, 3.8) is 0 Å². The van der Waals surface area contributed by atoms with Crippen molar-refractivity contribution in [2.45, 2.75) is 56.7 Å². The van der Waals surface area contributed by atoms with Gasteiger partial charge in [0.15, 0.2) is 5.65 Å². The number of carbonyl (C=O) groups excluding carboxylic acids is 5. The van der Waals surface area contributed by atoms with Gasteiger partial charge in [0.25, 0.3) is 11.8 Å². The summed E-state index contributed by atoms with van der Waals surface area (Å²) in [4.78, 5) is 88.4. The second-order valence-electron chi connectivity index (χ2n) is 19.3. The van der Waals surface area contributed by atoms with Crippen molar-refractivity contribution >= 4 is 52.2 Å². The van der Waals surface area contributed by atoms with Crippen LogP contribution in [0.1, 0.15) is 65.3 Å². The average Bonchev–Trinajstić information content (AvgIpc) is 3.91. The van der Waals surface area contributed by atoms with Gasteiger partial charge in [0.1, 0.15) is 35.4 Å². The maximum atomic E-state index is 13.8. The van der Waals surface area contributed by atoms with E-state index in [4.69, 9.17) is 20.6 Å². The van der Waals surface area contributed by atoms with Crippen LogP contribution < -0.4 is 20.7 Å². The van der Waals surface area contributed by atoms with Crippen molar-refractivity contribution in [2.75, 3.05) is 102 Å². The Bertz CT molecular complexity index is 2780. The number of piperazine rings is 2. The first-order valence-corrected chi connectivity index (χ1v) is 24.8. The molecule has 5 aromatic rings. The van der Waals surface area contributed by atoms with Crippen molar-refractivity contribution < 1.29 is 28.7 Å². The van der Waals surface area contributed by atoms with E-state index >= 15 is 0 Å². The van der Waals surface area contributed by atoms with Gasteiger partial charge in [-0.1, -0.05) is 18.2 Å². The Kier molecular flexibility index (Phi) is 12.6. The van der Waals surface area contributed by atoms with Crippen molar-refractivity contribution in [1.82, 2.24) is 54.5 Å². The Labute approximate surface area is 406 Å². The van der Waals surface area contributed by atoms with E-state index < -0.39 is 29.7 Å².